The Morgan fingerprint density at radius 3 is 2.87 bits per heavy atom. The van der Waals surface area contributed by atoms with Gasteiger partial charge in [-0.15, -0.1) is 0 Å². The molecule has 1 heterocycles. The Bertz CT molecular complexity index is 655. The van der Waals surface area contributed by atoms with Crippen molar-refractivity contribution in [3.63, 3.8) is 0 Å². The van der Waals surface area contributed by atoms with E-state index in [0.717, 1.165) is 13.0 Å². The van der Waals surface area contributed by atoms with Gasteiger partial charge >= 0.3 is 0 Å². The number of amides is 1. The molecule has 0 spiro atoms. The minimum atomic E-state index is -1.05. The number of aliphatic hydroxyl groups is 1. The summed E-state index contributed by atoms with van der Waals surface area (Å²) in [6.45, 7) is 5.07. The van der Waals surface area contributed by atoms with Crippen LogP contribution in [0, 0.1) is 11.7 Å². The predicted molar refractivity (Wildman–Crippen MR) is 86.3 cm³/mol. The fourth-order valence-electron chi connectivity index (χ4n) is 2.14. The van der Waals surface area contributed by atoms with E-state index in [2.05, 4.69) is 24.3 Å². The van der Waals surface area contributed by atoms with Crippen LogP contribution in [0.4, 0.5) is 10.2 Å². The van der Waals surface area contributed by atoms with Gasteiger partial charge in [0.25, 0.3) is 0 Å². The van der Waals surface area contributed by atoms with Crippen molar-refractivity contribution >= 4 is 11.7 Å². The number of hydrogen-bond acceptors (Lipinski definition) is 3. The van der Waals surface area contributed by atoms with E-state index in [1.165, 1.54) is 18.2 Å². The SMILES string of the molecule is CC(C)CCn1ccc(NC(=O)CC(O)c2cccc(F)c2)n1. The van der Waals surface area contributed by atoms with Crippen LogP contribution >= 0.6 is 0 Å². The third-order valence-electron chi connectivity index (χ3n) is 3.46. The maximum atomic E-state index is 13.1. The summed E-state index contributed by atoms with van der Waals surface area (Å²) < 4.78 is 14.9. The molecule has 6 heteroatoms. The van der Waals surface area contributed by atoms with Gasteiger partial charge in [0.15, 0.2) is 5.82 Å². The second-order valence-electron chi connectivity index (χ2n) is 5.97. The number of nitrogens with zero attached hydrogens (tertiary/aromatic N) is 2. The number of aliphatic hydroxyl groups excluding tert-OH is 1. The first kappa shape index (κ1) is 17.1. The highest BCUT2D eigenvalue weighted by atomic mass is 19.1. The Kier molecular flexibility index (Phi) is 5.87. The van der Waals surface area contributed by atoms with E-state index in [1.54, 1.807) is 23.0 Å². The van der Waals surface area contributed by atoms with Crippen molar-refractivity contribution in [2.45, 2.75) is 39.3 Å². The Labute approximate surface area is 135 Å². The molecule has 0 aliphatic heterocycles. The Morgan fingerprint density at radius 1 is 1.39 bits per heavy atom. The first-order valence-corrected chi connectivity index (χ1v) is 7.71. The van der Waals surface area contributed by atoms with E-state index >= 15 is 0 Å². The van der Waals surface area contributed by atoms with Crippen LogP contribution in [0.15, 0.2) is 36.5 Å². The number of hydrogen-bond donors (Lipinski definition) is 2. The number of carbonyl (C=O) groups is 1. The number of anilines is 1. The average molecular weight is 319 g/mol. The molecule has 124 valence electrons. The van der Waals surface area contributed by atoms with E-state index in [1.807, 2.05) is 0 Å². The molecule has 0 radical (unpaired) electrons. The zero-order valence-corrected chi connectivity index (χ0v) is 13.4. The number of aromatic nitrogens is 2. The second-order valence-corrected chi connectivity index (χ2v) is 5.97. The zero-order valence-electron chi connectivity index (χ0n) is 13.4. The molecule has 5 nitrogen and oxygen atoms in total. The quantitative estimate of drug-likeness (QED) is 0.824. The van der Waals surface area contributed by atoms with Crippen LogP contribution in [0.1, 0.15) is 38.4 Å². The molecule has 0 fully saturated rings. The van der Waals surface area contributed by atoms with E-state index in [0.29, 0.717) is 17.3 Å². The lowest BCUT2D eigenvalue weighted by atomic mass is 10.1. The van der Waals surface area contributed by atoms with Crippen LogP contribution in [-0.4, -0.2) is 20.8 Å². The minimum Gasteiger partial charge on any atom is -0.388 e. The molecule has 1 unspecified atom stereocenters. The van der Waals surface area contributed by atoms with E-state index in [4.69, 9.17) is 0 Å². The van der Waals surface area contributed by atoms with Gasteiger partial charge in [0.05, 0.1) is 12.5 Å². The van der Waals surface area contributed by atoms with Gasteiger partial charge in [-0.25, -0.2) is 4.39 Å². The number of halogens is 1. The van der Waals surface area contributed by atoms with E-state index < -0.39 is 11.9 Å². The fourth-order valence-corrected chi connectivity index (χ4v) is 2.14. The third-order valence-corrected chi connectivity index (χ3v) is 3.46. The molecule has 0 aliphatic rings. The monoisotopic (exact) mass is 319 g/mol. The summed E-state index contributed by atoms with van der Waals surface area (Å²) >= 11 is 0. The lowest BCUT2D eigenvalue weighted by molar-refractivity contribution is -0.118. The maximum absolute atomic E-state index is 13.1. The van der Waals surface area contributed by atoms with Crippen molar-refractivity contribution in [2.24, 2.45) is 5.92 Å². The van der Waals surface area contributed by atoms with E-state index in [9.17, 15) is 14.3 Å². The molecule has 1 atom stereocenters. The van der Waals surface area contributed by atoms with Gasteiger partial charge in [-0.1, -0.05) is 26.0 Å². The third kappa shape index (κ3) is 5.49. The van der Waals surface area contributed by atoms with Gasteiger partial charge in [0.1, 0.15) is 5.82 Å². The van der Waals surface area contributed by atoms with Crippen molar-refractivity contribution < 1.29 is 14.3 Å². The van der Waals surface area contributed by atoms with Crippen LogP contribution in [-0.2, 0) is 11.3 Å². The van der Waals surface area contributed by atoms with Crippen molar-refractivity contribution in [1.29, 1.82) is 0 Å². The minimum absolute atomic E-state index is 0.150. The van der Waals surface area contributed by atoms with Crippen molar-refractivity contribution in [1.82, 2.24) is 9.78 Å². The molecular formula is C17H22FN3O2. The lowest BCUT2D eigenvalue weighted by Crippen LogP contribution is -2.16. The van der Waals surface area contributed by atoms with Crippen LogP contribution in [0.2, 0.25) is 0 Å². The summed E-state index contributed by atoms with van der Waals surface area (Å²) in [5.74, 6) is 0.227. The number of benzene rings is 1. The summed E-state index contributed by atoms with van der Waals surface area (Å²) in [6.07, 6.45) is 1.62. The summed E-state index contributed by atoms with van der Waals surface area (Å²) in [5, 5.41) is 16.9. The van der Waals surface area contributed by atoms with Gasteiger partial charge in [-0.3, -0.25) is 9.48 Å². The zero-order chi connectivity index (χ0) is 16.8. The Morgan fingerprint density at radius 2 is 2.17 bits per heavy atom. The highest BCUT2D eigenvalue weighted by Crippen LogP contribution is 2.18. The topological polar surface area (TPSA) is 67.2 Å². The smallest absolute Gasteiger partial charge is 0.228 e. The van der Waals surface area contributed by atoms with Gasteiger partial charge < -0.3 is 10.4 Å². The highest BCUT2D eigenvalue weighted by molar-refractivity contribution is 5.90. The molecule has 0 saturated heterocycles. The summed E-state index contributed by atoms with van der Waals surface area (Å²) in [7, 11) is 0. The van der Waals surface area contributed by atoms with Crippen LogP contribution in [0.5, 0.6) is 0 Å². The Hall–Kier alpha value is -2.21. The first-order chi connectivity index (χ1) is 10.9. The van der Waals surface area contributed by atoms with Crippen molar-refractivity contribution in [3.05, 3.63) is 47.9 Å². The molecule has 23 heavy (non-hydrogen) atoms. The average Bonchev–Trinajstić information content (AvgIpc) is 2.92. The number of rotatable bonds is 7. The largest absolute Gasteiger partial charge is 0.388 e. The van der Waals surface area contributed by atoms with E-state index in [-0.39, 0.29) is 12.3 Å². The van der Waals surface area contributed by atoms with Gasteiger partial charge in [-0.2, -0.15) is 5.10 Å². The number of nitrogens with one attached hydrogen (secondary N) is 1. The molecule has 0 saturated carbocycles. The van der Waals surface area contributed by atoms with Crippen LogP contribution < -0.4 is 5.32 Å². The Balaban J connectivity index is 1.87. The molecule has 2 N–H and O–H groups in total. The number of aryl methyl sites for hydroxylation is 1. The molecule has 2 rings (SSSR count). The molecule has 2 aromatic rings. The molecule has 1 amide bonds. The highest BCUT2D eigenvalue weighted by Gasteiger charge is 2.14. The standard InChI is InChI=1S/C17H22FN3O2/c1-12(2)6-8-21-9-7-16(20-21)19-17(23)11-15(22)13-4-3-5-14(18)10-13/h3-5,7,9-10,12,15,22H,6,8,11H2,1-2H3,(H,19,20,23). The van der Waals surface area contributed by atoms with Crippen molar-refractivity contribution in [3.8, 4) is 0 Å². The fraction of sp³-hybridized carbons (Fsp3) is 0.412. The summed E-state index contributed by atoms with van der Waals surface area (Å²) in [5.41, 5.74) is 0.377. The predicted octanol–water partition coefficient (Wildman–Crippen LogP) is 3.13. The lowest BCUT2D eigenvalue weighted by Gasteiger charge is -2.10. The van der Waals surface area contributed by atoms with Gasteiger partial charge in [-0.05, 0) is 30.0 Å². The van der Waals surface area contributed by atoms with Crippen LogP contribution in [0.25, 0.3) is 0 Å². The van der Waals surface area contributed by atoms with Gasteiger partial charge in [0, 0.05) is 18.8 Å². The molecule has 0 aliphatic carbocycles. The van der Waals surface area contributed by atoms with Crippen LogP contribution in [0.3, 0.4) is 0 Å². The first-order valence-electron chi connectivity index (χ1n) is 7.71. The maximum Gasteiger partial charge on any atom is 0.228 e. The number of carbonyl (C=O) groups excluding carboxylic acids is 1. The van der Waals surface area contributed by atoms with Gasteiger partial charge in [0.2, 0.25) is 5.91 Å². The molecule has 0 bridgehead atoms. The summed E-state index contributed by atoms with van der Waals surface area (Å²) in [6, 6.07) is 7.31. The second kappa shape index (κ2) is 7.87. The normalized spacial score (nSPS) is 12.4. The summed E-state index contributed by atoms with van der Waals surface area (Å²) in [4.78, 5) is 11.9. The molecule has 1 aromatic heterocycles. The molecular weight excluding hydrogens is 297 g/mol. The molecule has 1 aromatic carbocycles. The van der Waals surface area contributed by atoms with Crippen molar-refractivity contribution in [2.75, 3.05) is 5.32 Å².